The maximum absolute atomic E-state index is 6.86. The zero-order valence-corrected chi connectivity index (χ0v) is 41.8. The minimum Gasteiger partial charge on any atom is -0.509 e. The van der Waals surface area contributed by atoms with Gasteiger partial charge >= 0.3 is 0 Å². The Hall–Kier alpha value is -5.90. The molecule has 0 N–H and O–H groups in total. The molecule has 0 atom stereocenters. The summed E-state index contributed by atoms with van der Waals surface area (Å²) in [6.07, 6.45) is 4.18. The molecule has 0 unspecified atom stereocenters. The second-order valence-electron chi connectivity index (χ2n) is 20.8. The SMILES string of the molecule is CC(C)(C)c1cc(Oc2[c-]c3c(cc2)c2ccccc2n3-c2cc(C(C)(C)C)ccn2)[c-]c(N2C=C(C(C)(C)c3ccccc3)N(c3cc(-c4ccccc4)cc(C(C)(C)C)c3)[CH-]2)c1.[Pt]. The Kier molecular flexibility index (Phi) is 12.0. The van der Waals surface area contributed by atoms with Crippen molar-refractivity contribution in [2.75, 3.05) is 9.80 Å². The number of fused-ring (bicyclic) bond motifs is 3. The van der Waals surface area contributed by atoms with E-state index in [0.29, 0.717) is 11.5 Å². The van der Waals surface area contributed by atoms with Gasteiger partial charge in [0.1, 0.15) is 5.82 Å². The van der Waals surface area contributed by atoms with Crippen LogP contribution in [0.5, 0.6) is 11.5 Å². The topological polar surface area (TPSA) is 33.5 Å². The summed E-state index contributed by atoms with van der Waals surface area (Å²) in [5.41, 5.74) is 11.7. The predicted molar refractivity (Wildman–Crippen MR) is 268 cm³/mol. The van der Waals surface area contributed by atoms with Crippen LogP contribution in [0.2, 0.25) is 0 Å². The molecule has 0 bridgehead atoms. The zero-order valence-electron chi connectivity index (χ0n) is 39.5. The summed E-state index contributed by atoms with van der Waals surface area (Å²) in [7, 11) is 0. The predicted octanol–water partition coefficient (Wildman–Crippen LogP) is 15.4. The Bertz CT molecular complexity index is 3030. The molecule has 1 aliphatic heterocycles. The first-order valence-corrected chi connectivity index (χ1v) is 22.4. The van der Waals surface area contributed by atoms with Crippen LogP contribution in [0, 0.1) is 18.8 Å². The molecule has 0 spiro atoms. The summed E-state index contributed by atoms with van der Waals surface area (Å²) in [6, 6.07) is 57.2. The first kappa shape index (κ1) is 45.7. The van der Waals surface area contributed by atoms with E-state index in [1.807, 2.05) is 12.3 Å². The van der Waals surface area contributed by atoms with E-state index in [-0.39, 0.29) is 42.7 Å². The second-order valence-corrected chi connectivity index (χ2v) is 20.8. The van der Waals surface area contributed by atoms with Gasteiger partial charge in [-0.1, -0.05) is 167 Å². The number of benzene rings is 6. The van der Waals surface area contributed by atoms with Gasteiger partial charge in [-0.15, -0.1) is 53.6 Å². The van der Waals surface area contributed by atoms with E-state index < -0.39 is 0 Å². The first-order chi connectivity index (χ1) is 30.3. The van der Waals surface area contributed by atoms with Crippen LogP contribution in [0.1, 0.15) is 98.4 Å². The average molecular weight is 1040 g/mol. The summed E-state index contributed by atoms with van der Waals surface area (Å²) in [5.74, 6) is 2.09. The minimum atomic E-state index is -0.359. The smallest absolute Gasteiger partial charge is 0.135 e. The minimum absolute atomic E-state index is 0. The van der Waals surface area contributed by atoms with Crippen LogP contribution in [-0.4, -0.2) is 9.55 Å². The van der Waals surface area contributed by atoms with Gasteiger partial charge in [-0.2, -0.15) is 6.07 Å². The Morgan fingerprint density at radius 1 is 0.538 bits per heavy atom. The molecule has 5 nitrogen and oxygen atoms in total. The average Bonchev–Trinajstić information content (AvgIpc) is 3.87. The van der Waals surface area contributed by atoms with E-state index in [4.69, 9.17) is 9.72 Å². The van der Waals surface area contributed by atoms with Crippen molar-refractivity contribution in [2.45, 2.75) is 97.8 Å². The van der Waals surface area contributed by atoms with Crippen LogP contribution >= 0.6 is 0 Å². The van der Waals surface area contributed by atoms with Crippen LogP contribution in [-0.2, 0) is 42.7 Å². The summed E-state index contributed by atoms with van der Waals surface area (Å²) >= 11 is 0. The van der Waals surface area contributed by atoms with E-state index >= 15 is 0 Å². The fourth-order valence-corrected chi connectivity index (χ4v) is 8.65. The van der Waals surface area contributed by atoms with E-state index in [0.717, 1.165) is 50.3 Å². The standard InChI is InChI=1S/C59H59N4O.Pt/c1-56(2,3)43-28-29-60-55(35-43)63-52-25-19-18-24-50(52)51-27-26-48(37-53(51)63)64-49-34-45(58(7,8)9)32-46(36-49)61-38-54(59(10,11)42-22-16-13-17-23-42)62(39-61)47-31-41(40-20-14-12-15-21-40)30-44(33-47)57(4,5)6;/h12-35,38-39H,1-11H3;/q-3;. The third-order valence-electron chi connectivity index (χ3n) is 12.7. The van der Waals surface area contributed by atoms with Crippen molar-refractivity contribution in [2.24, 2.45) is 0 Å². The van der Waals surface area contributed by atoms with Crippen LogP contribution in [0.25, 0.3) is 38.8 Å². The Morgan fingerprint density at radius 3 is 1.88 bits per heavy atom. The molecular weight excluding hydrogens is 976 g/mol. The molecule has 0 fully saturated rings. The Balaban J connectivity index is 0.00000576. The Morgan fingerprint density at radius 2 is 1.18 bits per heavy atom. The number of hydrogen-bond donors (Lipinski definition) is 0. The van der Waals surface area contributed by atoms with Crippen molar-refractivity contribution in [1.82, 2.24) is 9.55 Å². The number of anilines is 2. The van der Waals surface area contributed by atoms with E-state index in [9.17, 15) is 0 Å². The van der Waals surface area contributed by atoms with Gasteiger partial charge in [-0.25, -0.2) is 4.98 Å². The van der Waals surface area contributed by atoms with E-state index in [1.165, 1.54) is 27.8 Å². The largest absolute Gasteiger partial charge is 0.509 e. The second kappa shape index (κ2) is 17.1. The number of pyridine rings is 1. The van der Waals surface area contributed by atoms with Crippen LogP contribution < -0.4 is 14.5 Å². The molecule has 65 heavy (non-hydrogen) atoms. The molecule has 0 radical (unpaired) electrons. The van der Waals surface area contributed by atoms with Gasteiger partial charge in [0.05, 0.1) is 0 Å². The number of hydrogen-bond acceptors (Lipinski definition) is 4. The van der Waals surface area contributed by atoms with Crippen molar-refractivity contribution < 1.29 is 25.8 Å². The monoisotopic (exact) mass is 1030 g/mol. The molecule has 8 aromatic rings. The fraction of sp³-hybridized carbons (Fsp3) is 0.254. The van der Waals surface area contributed by atoms with Gasteiger partial charge in [-0.3, -0.25) is 0 Å². The van der Waals surface area contributed by atoms with Crippen LogP contribution in [0.15, 0.2) is 158 Å². The van der Waals surface area contributed by atoms with Gasteiger partial charge in [0.15, 0.2) is 0 Å². The quantitative estimate of drug-likeness (QED) is 0.142. The van der Waals surface area contributed by atoms with Gasteiger partial charge in [0, 0.05) is 61.1 Å². The van der Waals surface area contributed by atoms with Crippen molar-refractivity contribution >= 4 is 33.2 Å². The third kappa shape index (κ3) is 9.05. The molecule has 3 heterocycles. The van der Waals surface area contributed by atoms with Crippen LogP contribution in [0.3, 0.4) is 0 Å². The van der Waals surface area contributed by atoms with Crippen molar-refractivity contribution in [1.29, 1.82) is 0 Å². The molecule has 9 rings (SSSR count). The molecule has 6 heteroatoms. The first-order valence-electron chi connectivity index (χ1n) is 22.4. The van der Waals surface area contributed by atoms with E-state index in [2.05, 4.69) is 249 Å². The van der Waals surface area contributed by atoms with Crippen molar-refractivity contribution in [3.63, 3.8) is 0 Å². The number of nitrogens with zero attached hydrogens (tertiary/aromatic N) is 4. The van der Waals surface area contributed by atoms with Gasteiger partial charge in [0.2, 0.25) is 0 Å². The van der Waals surface area contributed by atoms with Crippen LogP contribution in [0.4, 0.5) is 11.4 Å². The number of rotatable bonds is 8. The Labute approximate surface area is 401 Å². The summed E-state index contributed by atoms with van der Waals surface area (Å²) in [6.45, 7) is 27.1. The zero-order chi connectivity index (χ0) is 45.2. The normalized spacial score (nSPS) is 13.6. The molecule has 0 aliphatic carbocycles. The number of para-hydroxylation sites is 1. The maximum Gasteiger partial charge on any atom is 0.135 e. The maximum atomic E-state index is 6.86. The molecule has 2 aromatic heterocycles. The fourth-order valence-electron chi connectivity index (χ4n) is 8.65. The molecule has 0 saturated heterocycles. The van der Waals surface area contributed by atoms with Crippen molar-refractivity contribution in [3.05, 3.63) is 199 Å². The summed E-state index contributed by atoms with van der Waals surface area (Å²) in [4.78, 5) is 9.47. The molecule has 1 aliphatic rings. The van der Waals surface area contributed by atoms with Gasteiger partial charge in [0.25, 0.3) is 0 Å². The van der Waals surface area contributed by atoms with E-state index in [1.54, 1.807) is 0 Å². The molecular formula is C59H59N4OPt-3. The number of aromatic nitrogens is 2. The number of allylic oxidation sites excluding steroid dienone is 1. The van der Waals surface area contributed by atoms with Gasteiger partial charge < -0.3 is 19.1 Å². The summed E-state index contributed by atoms with van der Waals surface area (Å²) in [5, 5.41) is 2.24. The third-order valence-corrected chi connectivity index (χ3v) is 12.7. The molecule has 0 saturated carbocycles. The molecule has 334 valence electrons. The molecule has 0 amide bonds. The van der Waals surface area contributed by atoms with Crippen molar-refractivity contribution in [3.8, 4) is 28.4 Å². The van der Waals surface area contributed by atoms with Gasteiger partial charge in [-0.05, 0) is 86.0 Å². The molecule has 6 aromatic carbocycles. The summed E-state index contributed by atoms with van der Waals surface area (Å²) < 4.78 is 9.07. The number of ether oxygens (including phenoxy) is 1.